The van der Waals surface area contributed by atoms with Crippen molar-refractivity contribution in [2.75, 3.05) is 6.54 Å². The number of likely N-dealkylation sites (tertiary alicyclic amines) is 1. The van der Waals surface area contributed by atoms with Gasteiger partial charge in [0.1, 0.15) is 11.9 Å². The molecule has 0 spiro atoms. The lowest BCUT2D eigenvalue weighted by molar-refractivity contribution is -0.132. The summed E-state index contributed by atoms with van der Waals surface area (Å²) in [4.78, 5) is 14.6. The highest BCUT2D eigenvalue weighted by molar-refractivity contribution is 5.77. The number of rotatable bonds is 6. The van der Waals surface area contributed by atoms with Crippen molar-refractivity contribution in [1.82, 2.24) is 15.1 Å². The molecule has 1 aliphatic heterocycles. The Hall–Kier alpha value is -2.80. The van der Waals surface area contributed by atoms with Crippen LogP contribution in [0.2, 0.25) is 0 Å². The van der Waals surface area contributed by atoms with Crippen LogP contribution in [-0.4, -0.2) is 33.6 Å². The zero-order valence-electron chi connectivity index (χ0n) is 16.2. The molecule has 1 aromatic carbocycles. The summed E-state index contributed by atoms with van der Waals surface area (Å²) >= 11 is 0. The Bertz CT molecular complexity index is 923. The molecular formula is C22H25FN4O2. The molecule has 6 nitrogen and oxygen atoms in total. The molecule has 1 aliphatic carbocycles. The van der Waals surface area contributed by atoms with Gasteiger partial charge in [0.15, 0.2) is 0 Å². The number of aromatic nitrogens is 2. The Balaban J connectivity index is 1.39. The maximum Gasteiger partial charge on any atom is 0.238 e. The van der Waals surface area contributed by atoms with Gasteiger partial charge in [-0.2, -0.15) is 0 Å². The molecule has 2 heterocycles. The lowest BCUT2D eigenvalue weighted by Gasteiger charge is -2.24. The molecular weight excluding hydrogens is 371 g/mol. The zero-order chi connectivity index (χ0) is 20.2. The summed E-state index contributed by atoms with van der Waals surface area (Å²) in [5, 5.41) is 8.41. The highest BCUT2D eigenvalue weighted by Crippen LogP contribution is 2.33. The van der Waals surface area contributed by atoms with Crippen molar-refractivity contribution in [3.8, 4) is 0 Å². The number of carbonyl (C=O) groups excluding carboxylic acids is 1. The standard InChI is InChI=1S/C22H25FN4O2/c23-18-10-5-4-9-16(18)13-17(24)14-20(28)27-12-6-11-19(27)22-26-25-21(29-22)15-7-2-1-3-8-15/h1-5,7,9-10,15,17,19H,6,8,11-14,24H2/t15?,17-,19+/m1/s1. The zero-order valence-corrected chi connectivity index (χ0v) is 16.2. The third-order valence-electron chi connectivity index (χ3n) is 5.49. The molecule has 1 unspecified atom stereocenters. The van der Waals surface area contributed by atoms with E-state index in [4.69, 9.17) is 10.2 Å². The van der Waals surface area contributed by atoms with E-state index in [0.29, 0.717) is 30.3 Å². The Morgan fingerprint density at radius 1 is 1.28 bits per heavy atom. The second-order valence-electron chi connectivity index (χ2n) is 7.64. The largest absolute Gasteiger partial charge is 0.422 e. The lowest BCUT2D eigenvalue weighted by atomic mass is 10.0. The molecule has 1 saturated heterocycles. The van der Waals surface area contributed by atoms with E-state index in [0.717, 1.165) is 19.3 Å². The Kier molecular flexibility index (Phi) is 5.85. The summed E-state index contributed by atoms with van der Waals surface area (Å²) in [6.07, 6.45) is 11.0. The number of allylic oxidation sites excluding steroid dienone is 4. The smallest absolute Gasteiger partial charge is 0.238 e. The molecule has 4 rings (SSSR count). The molecule has 1 aromatic heterocycles. The first-order valence-electron chi connectivity index (χ1n) is 10.1. The maximum absolute atomic E-state index is 13.8. The average Bonchev–Trinajstić information content (AvgIpc) is 3.40. The van der Waals surface area contributed by atoms with E-state index >= 15 is 0 Å². The second-order valence-corrected chi connectivity index (χ2v) is 7.64. The number of carbonyl (C=O) groups is 1. The van der Waals surface area contributed by atoms with Crippen LogP contribution in [0.5, 0.6) is 0 Å². The number of benzene rings is 1. The molecule has 152 valence electrons. The van der Waals surface area contributed by atoms with Crippen molar-refractivity contribution in [3.63, 3.8) is 0 Å². The molecule has 2 aromatic rings. The SMILES string of the molecule is N[C@@H](CC(=O)N1CCC[C@H]1c1nnc(C2C=CC=CC2)o1)Cc1ccccc1F. The van der Waals surface area contributed by atoms with E-state index in [1.54, 1.807) is 23.1 Å². The predicted octanol–water partition coefficient (Wildman–Crippen LogP) is 3.43. The first kappa shape index (κ1) is 19.5. The van der Waals surface area contributed by atoms with Crippen LogP contribution in [0.4, 0.5) is 4.39 Å². The van der Waals surface area contributed by atoms with Crippen LogP contribution in [0, 0.1) is 5.82 Å². The van der Waals surface area contributed by atoms with Gasteiger partial charge >= 0.3 is 0 Å². The highest BCUT2D eigenvalue weighted by Gasteiger charge is 2.34. The number of hydrogen-bond donors (Lipinski definition) is 1. The Labute approximate surface area is 169 Å². The minimum Gasteiger partial charge on any atom is -0.422 e. The first-order valence-corrected chi connectivity index (χ1v) is 10.1. The van der Waals surface area contributed by atoms with Crippen LogP contribution >= 0.6 is 0 Å². The fourth-order valence-corrected chi connectivity index (χ4v) is 3.98. The number of nitrogens with zero attached hydrogens (tertiary/aromatic N) is 3. The van der Waals surface area contributed by atoms with Crippen LogP contribution in [0.3, 0.4) is 0 Å². The third kappa shape index (κ3) is 4.45. The van der Waals surface area contributed by atoms with Gasteiger partial charge < -0.3 is 15.1 Å². The molecule has 7 heteroatoms. The molecule has 2 aliphatic rings. The van der Waals surface area contributed by atoms with Crippen molar-refractivity contribution >= 4 is 5.91 Å². The van der Waals surface area contributed by atoms with E-state index in [-0.39, 0.29) is 30.1 Å². The van der Waals surface area contributed by atoms with Gasteiger partial charge in [-0.25, -0.2) is 4.39 Å². The molecule has 1 amide bonds. The van der Waals surface area contributed by atoms with Crippen LogP contribution in [0.25, 0.3) is 0 Å². The normalized spacial score (nSPS) is 22.2. The monoisotopic (exact) mass is 396 g/mol. The summed E-state index contributed by atoms with van der Waals surface area (Å²) in [6.45, 7) is 0.639. The number of hydrogen-bond acceptors (Lipinski definition) is 5. The summed E-state index contributed by atoms with van der Waals surface area (Å²) in [5.74, 6) is 0.796. The summed E-state index contributed by atoms with van der Waals surface area (Å²) in [5.41, 5.74) is 6.68. The van der Waals surface area contributed by atoms with Gasteiger partial charge in [-0.05, 0) is 37.3 Å². The van der Waals surface area contributed by atoms with Crippen molar-refractivity contribution in [1.29, 1.82) is 0 Å². The van der Waals surface area contributed by atoms with Gasteiger partial charge in [-0.3, -0.25) is 4.79 Å². The third-order valence-corrected chi connectivity index (χ3v) is 5.49. The molecule has 0 saturated carbocycles. The van der Waals surface area contributed by atoms with Crippen molar-refractivity contribution in [2.24, 2.45) is 5.73 Å². The van der Waals surface area contributed by atoms with Gasteiger partial charge in [0.2, 0.25) is 17.7 Å². The molecule has 3 atom stereocenters. The molecule has 0 radical (unpaired) electrons. The number of halogens is 1. The predicted molar refractivity (Wildman–Crippen MR) is 106 cm³/mol. The van der Waals surface area contributed by atoms with E-state index in [2.05, 4.69) is 16.3 Å². The van der Waals surface area contributed by atoms with Gasteiger partial charge in [0, 0.05) is 19.0 Å². The first-order chi connectivity index (χ1) is 14.1. The molecule has 0 bridgehead atoms. The fourth-order valence-electron chi connectivity index (χ4n) is 3.98. The van der Waals surface area contributed by atoms with Gasteiger partial charge in [-0.1, -0.05) is 42.5 Å². The summed E-state index contributed by atoms with van der Waals surface area (Å²) < 4.78 is 19.8. The number of amides is 1. The van der Waals surface area contributed by atoms with Crippen molar-refractivity contribution in [3.05, 3.63) is 71.7 Å². The fraction of sp³-hybridized carbons (Fsp3) is 0.409. The van der Waals surface area contributed by atoms with Crippen LogP contribution in [-0.2, 0) is 11.2 Å². The van der Waals surface area contributed by atoms with Gasteiger partial charge in [-0.15, -0.1) is 10.2 Å². The minimum absolute atomic E-state index is 0.0587. The number of nitrogens with two attached hydrogens (primary N) is 1. The quantitative estimate of drug-likeness (QED) is 0.809. The Morgan fingerprint density at radius 2 is 2.10 bits per heavy atom. The summed E-state index contributed by atoms with van der Waals surface area (Å²) in [7, 11) is 0. The van der Waals surface area contributed by atoms with Crippen LogP contribution in [0.15, 0.2) is 53.0 Å². The van der Waals surface area contributed by atoms with Crippen molar-refractivity contribution < 1.29 is 13.6 Å². The lowest BCUT2D eigenvalue weighted by Crippen LogP contribution is -2.36. The van der Waals surface area contributed by atoms with E-state index < -0.39 is 6.04 Å². The molecule has 29 heavy (non-hydrogen) atoms. The summed E-state index contributed by atoms with van der Waals surface area (Å²) in [6, 6.07) is 5.86. The minimum atomic E-state index is -0.446. The van der Waals surface area contributed by atoms with E-state index in [1.807, 2.05) is 18.2 Å². The molecule has 2 N–H and O–H groups in total. The maximum atomic E-state index is 13.8. The topological polar surface area (TPSA) is 85.3 Å². The van der Waals surface area contributed by atoms with E-state index in [1.165, 1.54) is 6.07 Å². The van der Waals surface area contributed by atoms with Gasteiger partial charge in [0.05, 0.1) is 5.92 Å². The van der Waals surface area contributed by atoms with Crippen molar-refractivity contribution in [2.45, 2.75) is 50.1 Å². The van der Waals surface area contributed by atoms with Gasteiger partial charge in [0.25, 0.3) is 0 Å². The Morgan fingerprint density at radius 3 is 2.90 bits per heavy atom. The van der Waals surface area contributed by atoms with E-state index in [9.17, 15) is 9.18 Å². The van der Waals surface area contributed by atoms with Crippen LogP contribution in [0.1, 0.15) is 55.0 Å². The highest BCUT2D eigenvalue weighted by atomic mass is 19.1. The van der Waals surface area contributed by atoms with Crippen LogP contribution < -0.4 is 5.73 Å². The average molecular weight is 396 g/mol. The molecule has 1 fully saturated rings. The second kappa shape index (κ2) is 8.69.